The Morgan fingerprint density at radius 3 is 2.14 bits per heavy atom. The van der Waals surface area contributed by atoms with Crippen molar-refractivity contribution in [1.29, 1.82) is 0 Å². The first-order valence-corrected chi connectivity index (χ1v) is 15.3. The number of carbonyl (C=O) groups is 1. The third-order valence-electron chi connectivity index (χ3n) is 8.40. The quantitative estimate of drug-likeness (QED) is 0.415. The van der Waals surface area contributed by atoms with Crippen molar-refractivity contribution in [2.45, 2.75) is 101 Å². The van der Waals surface area contributed by atoms with Gasteiger partial charge in [-0.3, -0.25) is 33.5 Å². The second-order valence-electron chi connectivity index (χ2n) is 12.4. The number of carbonyl (C=O) groups excluding carboxylic acids is 1. The van der Waals surface area contributed by atoms with E-state index in [1.165, 1.54) is 39.4 Å². The summed E-state index contributed by atoms with van der Waals surface area (Å²) in [6, 6.07) is 1.22. The molecule has 0 unspecified atom stereocenters. The predicted octanol–water partition coefficient (Wildman–Crippen LogP) is -0.868. The van der Waals surface area contributed by atoms with Crippen molar-refractivity contribution >= 4 is 17.7 Å². The highest BCUT2D eigenvalue weighted by molar-refractivity contribution is 8.01. The second-order valence-corrected chi connectivity index (χ2v) is 13.5. The molecular weight excluding hydrogens is 602 g/mol. The van der Waals surface area contributed by atoms with Crippen LogP contribution in [0.5, 0.6) is 0 Å². The third kappa shape index (κ3) is 4.90. The number of nitrogens with one attached hydrogen (secondary N) is 2. The number of nitrogens with zero attached hydrogens (tertiary/aromatic N) is 3. The Kier molecular flexibility index (Phi) is 6.89. The number of thioether (sulfide) groups is 1. The molecule has 0 spiro atoms. The molecule has 0 aliphatic carbocycles. The van der Waals surface area contributed by atoms with Gasteiger partial charge in [-0.05, 0) is 34.6 Å². The molecule has 44 heavy (non-hydrogen) atoms. The van der Waals surface area contributed by atoms with Gasteiger partial charge in [-0.25, -0.2) is 9.59 Å². The fourth-order valence-electron chi connectivity index (χ4n) is 6.64. The molecular formula is C27H33N5O11S. The zero-order valence-electron chi connectivity index (χ0n) is 24.6. The van der Waals surface area contributed by atoms with Crippen LogP contribution in [-0.4, -0.2) is 95.8 Å². The topological polar surface area (TPSA) is 185 Å². The lowest BCUT2D eigenvalue weighted by Gasteiger charge is -2.34. The van der Waals surface area contributed by atoms with Crippen LogP contribution < -0.4 is 22.5 Å². The van der Waals surface area contributed by atoms with Crippen molar-refractivity contribution in [1.82, 2.24) is 24.0 Å². The van der Waals surface area contributed by atoms with Gasteiger partial charge in [0.1, 0.15) is 42.0 Å². The van der Waals surface area contributed by atoms with Crippen LogP contribution in [0.4, 0.5) is 0 Å². The van der Waals surface area contributed by atoms with Crippen molar-refractivity contribution in [3.63, 3.8) is 0 Å². The summed E-state index contributed by atoms with van der Waals surface area (Å²) in [6.45, 7) is 8.68. The normalized spacial score (nSPS) is 37.1. The van der Waals surface area contributed by atoms with E-state index < -0.39 is 88.5 Å². The zero-order chi connectivity index (χ0) is 31.3. The Hall–Kier alpha value is -3.06. The summed E-state index contributed by atoms with van der Waals surface area (Å²) in [5, 5.41) is -0.551. The van der Waals surface area contributed by atoms with E-state index in [1.807, 2.05) is 0 Å². The van der Waals surface area contributed by atoms with Crippen molar-refractivity contribution in [3.8, 4) is 0 Å². The molecule has 5 fully saturated rings. The molecule has 9 atom stereocenters. The Morgan fingerprint density at radius 1 is 0.818 bits per heavy atom. The highest BCUT2D eigenvalue weighted by atomic mass is 32.2. The first kappa shape index (κ1) is 29.6. The molecule has 0 bridgehead atoms. The minimum atomic E-state index is -0.989. The van der Waals surface area contributed by atoms with Crippen LogP contribution in [0.2, 0.25) is 0 Å². The molecule has 17 heteroatoms. The summed E-state index contributed by atoms with van der Waals surface area (Å²) in [5.74, 6) is -1.97. The average Bonchev–Trinajstić information content (AvgIpc) is 3.69. The van der Waals surface area contributed by atoms with E-state index in [1.54, 1.807) is 39.5 Å². The number of aromatic amines is 2. The van der Waals surface area contributed by atoms with Gasteiger partial charge >= 0.3 is 11.4 Å². The molecule has 2 N–H and O–H groups in total. The SMILES string of the molecule is Cc1cn([C@@H]2O[C@H](CN3C(=O)CS[C@@H]3[C@H]3O[C@@H](n4ccc(=O)[nH]c4=O)[C@@H]4OC(C)(C)O[C@@H]43)[C@H]3OC(C)(C)O[C@H]32)c(=O)[nH]c1=O. The van der Waals surface area contributed by atoms with E-state index in [0.29, 0.717) is 5.56 Å². The van der Waals surface area contributed by atoms with Gasteiger partial charge in [0.25, 0.3) is 11.1 Å². The molecule has 5 saturated heterocycles. The van der Waals surface area contributed by atoms with E-state index in [0.717, 1.165) is 0 Å². The predicted molar refractivity (Wildman–Crippen MR) is 151 cm³/mol. The molecule has 5 aliphatic rings. The fraction of sp³-hybridized carbons (Fsp3) is 0.667. The lowest BCUT2D eigenvalue weighted by Crippen LogP contribution is -2.50. The van der Waals surface area contributed by atoms with Gasteiger partial charge in [-0.1, -0.05) is 0 Å². The minimum Gasteiger partial charge on any atom is -0.347 e. The lowest BCUT2D eigenvalue weighted by atomic mass is 10.1. The smallest absolute Gasteiger partial charge is 0.330 e. The third-order valence-corrected chi connectivity index (χ3v) is 9.68. The van der Waals surface area contributed by atoms with Crippen LogP contribution in [0.3, 0.4) is 0 Å². The highest BCUT2D eigenvalue weighted by Crippen LogP contribution is 2.48. The summed E-state index contributed by atoms with van der Waals surface area (Å²) >= 11 is 1.37. The molecule has 1 amide bonds. The van der Waals surface area contributed by atoms with Crippen molar-refractivity contribution < 1.29 is 33.2 Å². The van der Waals surface area contributed by atoms with E-state index in [-0.39, 0.29) is 18.2 Å². The molecule has 5 aliphatic heterocycles. The molecule has 7 heterocycles. The lowest BCUT2D eigenvalue weighted by molar-refractivity contribution is -0.204. The molecule has 0 saturated carbocycles. The maximum atomic E-state index is 13.4. The number of fused-ring (bicyclic) bond motifs is 2. The van der Waals surface area contributed by atoms with Gasteiger partial charge in [-0.15, -0.1) is 11.8 Å². The van der Waals surface area contributed by atoms with Crippen molar-refractivity contribution in [3.05, 3.63) is 65.7 Å². The van der Waals surface area contributed by atoms with Crippen LogP contribution in [0.15, 0.2) is 37.6 Å². The second kappa shape index (κ2) is 10.2. The number of hydrogen-bond acceptors (Lipinski definition) is 12. The monoisotopic (exact) mass is 635 g/mol. The van der Waals surface area contributed by atoms with Gasteiger partial charge < -0.3 is 33.3 Å². The number of amides is 1. The average molecular weight is 636 g/mol. The molecule has 7 rings (SSSR count). The number of H-pyrrole nitrogens is 2. The number of aryl methyl sites for hydroxylation is 1. The van der Waals surface area contributed by atoms with Gasteiger partial charge in [-0.2, -0.15) is 0 Å². The zero-order valence-corrected chi connectivity index (χ0v) is 25.4. The summed E-state index contributed by atoms with van der Waals surface area (Å²) in [6.07, 6.45) is -3.17. The molecule has 0 aromatic carbocycles. The van der Waals surface area contributed by atoms with Crippen LogP contribution in [-0.2, 0) is 33.2 Å². The Labute approximate surface area is 253 Å². The largest absolute Gasteiger partial charge is 0.347 e. The first-order valence-electron chi connectivity index (χ1n) is 14.3. The van der Waals surface area contributed by atoms with Crippen LogP contribution >= 0.6 is 11.8 Å². The molecule has 16 nitrogen and oxygen atoms in total. The van der Waals surface area contributed by atoms with Gasteiger partial charge in [0.2, 0.25) is 5.91 Å². The van der Waals surface area contributed by atoms with Crippen LogP contribution in [0.1, 0.15) is 45.7 Å². The van der Waals surface area contributed by atoms with E-state index in [2.05, 4.69) is 9.97 Å². The van der Waals surface area contributed by atoms with E-state index >= 15 is 0 Å². The molecule has 2 aromatic heterocycles. The minimum absolute atomic E-state index is 0.0788. The maximum absolute atomic E-state index is 13.4. The Morgan fingerprint density at radius 2 is 1.43 bits per heavy atom. The highest BCUT2D eigenvalue weighted by Gasteiger charge is 2.61. The van der Waals surface area contributed by atoms with Gasteiger partial charge in [0.15, 0.2) is 24.0 Å². The standard InChI is InChI=1S/C27H33N5O11S/c1-11-8-32(25(37)29-20(11)35)22-17-15(40-26(2,3)42-17)12(38-22)9-31-14(34)10-44-23(31)19-16-18(43-27(4,5)41-16)21(39-19)30-7-6-13(33)28-24(30)36/h6-8,12,15-19,21-23H,9-10H2,1-5H3,(H,28,33,36)(H,29,35,37)/t12-,15-,16+,17-,18-,19+,21-,22-,23-/m1/s1. The maximum Gasteiger partial charge on any atom is 0.330 e. The Balaban J connectivity index is 1.18. The summed E-state index contributed by atoms with van der Waals surface area (Å²) in [4.78, 5) is 68.7. The number of aromatic nitrogens is 4. The Bertz CT molecular complexity index is 1730. The van der Waals surface area contributed by atoms with Crippen molar-refractivity contribution in [2.24, 2.45) is 0 Å². The van der Waals surface area contributed by atoms with Crippen molar-refractivity contribution in [2.75, 3.05) is 12.3 Å². The van der Waals surface area contributed by atoms with Crippen LogP contribution in [0.25, 0.3) is 0 Å². The van der Waals surface area contributed by atoms with E-state index in [9.17, 15) is 24.0 Å². The first-order chi connectivity index (χ1) is 20.7. The molecule has 0 radical (unpaired) electrons. The summed E-state index contributed by atoms with van der Waals surface area (Å²) < 4.78 is 40.0. The number of hydrogen-bond donors (Lipinski definition) is 2. The van der Waals surface area contributed by atoms with E-state index in [4.69, 9.17) is 28.4 Å². The summed E-state index contributed by atoms with van der Waals surface area (Å²) in [5.41, 5.74) is -2.03. The number of ether oxygens (including phenoxy) is 6. The molecule has 2 aromatic rings. The van der Waals surface area contributed by atoms with Gasteiger partial charge in [0, 0.05) is 24.0 Å². The number of rotatable bonds is 5. The van der Waals surface area contributed by atoms with Crippen LogP contribution in [0, 0.1) is 6.92 Å². The van der Waals surface area contributed by atoms with Gasteiger partial charge in [0.05, 0.1) is 12.3 Å². The molecule has 238 valence electrons. The summed E-state index contributed by atoms with van der Waals surface area (Å²) in [7, 11) is 0. The fourth-order valence-corrected chi connectivity index (χ4v) is 7.91.